The first-order chi connectivity index (χ1) is 7.16. The molecule has 0 bridgehead atoms. The number of hydrogen-bond acceptors (Lipinski definition) is 3. The van der Waals surface area contributed by atoms with Crippen molar-refractivity contribution in [2.24, 2.45) is 0 Å². The minimum atomic E-state index is -1.24. The van der Waals surface area contributed by atoms with Crippen LogP contribution in [0.25, 0.3) is 0 Å². The fourth-order valence-electron chi connectivity index (χ4n) is 1.53. The van der Waals surface area contributed by atoms with Crippen LogP contribution in [-0.2, 0) is 0 Å². The Hall–Kier alpha value is -0.350. The van der Waals surface area contributed by atoms with E-state index in [1.165, 1.54) is 6.07 Å². The van der Waals surface area contributed by atoms with E-state index in [0.29, 0.717) is 12.0 Å². The number of rotatable bonds is 5. The van der Waals surface area contributed by atoms with Gasteiger partial charge in [-0.15, -0.1) is 0 Å². The van der Waals surface area contributed by atoms with Crippen LogP contribution >= 0.6 is 0 Å². The second-order valence-corrected chi connectivity index (χ2v) is 3.53. The molecule has 0 aliphatic carbocycles. The van der Waals surface area contributed by atoms with E-state index in [2.05, 4.69) is 0 Å². The Morgan fingerprint density at radius 3 is 2.62 bits per heavy atom. The maximum atomic E-state index is 10.8. The van der Waals surface area contributed by atoms with Crippen molar-refractivity contribution in [3.05, 3.63) is 35.4 Å². The molecule has 0 aromatic heterocycles. The summed E-state index contributed by atoms with van der Waals surface area (Å²) in [6.45, 7) is 2.03. The van der Waals surface area contributed by atoms with Crippen LogP contribution in [-0.4, -0.2) is 11.1 Å². The summed E-state index contributed by atoms with van der Waals surface area (Å²) in [6.07, 6.45) is 1.73. The first-order valence-corrected chi connectivity index (χ1v) is 5.15. The van der Waals surface area contributed by atoms with Gasteiger partial charge >= 0.3 is 29.6 Å². The number of carbonyl (C=O) groups is 1. The Labute approximate surface area is 118 Å². The topological polar surface area (TPSA) is 60.4 Å². The fraction of sp³-hybridized carbons (Fsp3) is 0.417. The van der Waals surface area contributed by atoms with Crippen LogP contribution in [0.15, 0.2) is 24.3 Å². The number of aliphatic hydroxyl groups is 1. The molecule has 1 aromatic carbocycles. The molecule has 4 heteroatoms. The molecule has 0 aliphatic rings. The van der Waals surface area contributed by atoms with E-state index >= 15 is 0 Å². The molecule has 16 heavy (non-hydrogen) atoms. The van der Waals surface area contributed by atoms with Gasteiger partial charge in [0.2, 0.25) is 0 Å². The van der Waals surface area contributed by atoms with Crippen molar-refractivity contribution in [1.29, 1.82) is 0 Å². The number of unbranched alkanes of at least 4 members (excludes halogenated alkanes) is 1. The van der Waals surface area contributed by atoms with E-state index in [9.17, 15) is 15.0 Å². The van der Waals surface area contributed by atoms with Gasteiger partial charge in [0.1, 0.15) is 0 Å². The molecular formula is C12H15NaO3. The Morgan fingerprint density at radius 1 is 1.44 bits per heavy atom. The van der Waals surface area contributed by atoms with Crippen LogP contribution in [0.1, 0.15) is 48.2 Å². The van der Waals surface area contributed by atoms with Gasteiger partial charge in [-0.1, -0.05) is 44.0 Å². The standard InChI is InChI=1S/C12H16O3.Na/c1-2-3-8-11(13)9-6-4-5-7-10(9)12(14)15;/h4-7,11,13H,2-3,8H2,1H3,(H,14,15);/q;+1/p-1. The minimum absolute atomic E-state index is 0. The van der Waals surface area contributed by atoms with E-state index in [1.807, 2.05) is 6.92 Å². The maximum Gasteiger partial charge on any atom is 1.00 e. The number of carboxylic acid groups (broad SMARTS) is 1. The number of hydrogen-bond donors (Lipinski definition) is 1. The number of aliphatic hydroxyl groups excluding tert-OH is 1. The van der Waals surface area contributed by atoms with E-state index in [1.54, 1.807) is 18.2 Å². The van der Waals surface area contributed by atoms with Crippen LogP contribution in [0.3, 0.4) is 0 Å². The molecule has 1 unspecified atom stereocenters. The van der Waals surface area contributed by atoms with Gasteiger partial charge in [0, 0.05) is 5.56 Å². The number of carboxylic acids is 1. The Kier molecular flexibility index (Phi) is 7.68. The molecular weight excluding hydrogens is 215 g/mol. The quantitative estimate of drug-likeness (QED) is 0.612. The summed E-state index contributed by atoms with van der Waals surface area (Å²) in [5, 5.41) is 20.6. The summed E-state index contributed by atoms with van der Waals surface area (Å²) in [4.78, 5) is 10.8. The zero-order valence-corrected chi connectivity index (χ0v) is 11.8. The third-order valence-corrected chi connectivity index (χ3v) is 2.37. The first kappa shape index (κ1) is 15.7. The third-order valence-electron chi connectivity index (χ3n) is 2.37. The van der Waals surface area contributed by atoms with Gasteiger partial charge in [-0.05, 0) is 12.0 Å². The van der Waals surface area contributed by atoms with Crippen molar-refractivity contribution in [2.45, 2.75) is 32.3 Å². The Morgan fingerprint density at radius 2 is 2.06 bits per heavy atom. The molecule has 1 aromatic rings. The van der Waals surface area contributed by atoms with Crippen molar-refractivity contribution >= 4 is 5.97 Å². The molecule has 3 nitrogen and oxygen atoms in total. The normalized spacial score (nSPS) is 11.6. The van der Waals surface area contributed by atoms with Crippen molar-refractivity contribution in [2.75, 3.05) is 0 Å². The zero-order valence-electron chi connectivity index (χ0n) is 9.77. The molecule has 0 heterocycles. The number of aromatic carboxylic acids is 1. The van der Waals surface area contributed by atoms with Crippen LogP contribution in [0.4, 0.5) is 0 Å². The molecule has 0 fully saturated rings. The Bertz CT molecular complexity index is 339. The van der Waals surface area contributed by atoms with Gasteiger partial charge in [-0.25, -0.2) is 0 Å². The largest absolute Gasteiger partial charge is 1.00 e. The van der Waals surface area contributed by atoms with Crippen molar-refractivity contribution in [3.63, 3.8) is 0 Å². The number of benzene rings is 1. The molecule has 0 spiro atoms. The average molecular weight is 230 g/mol. The molecule has 82 valence electrons. The molecule has 0 saturated carbocycles. The van der Waals surface area contributed by atoms with Crippen molar-refractivity contribution in [1.82, 2.24) is 0 Å². The molecule has 0 radical (unpaired) electrons. The Balaban J connectivity index is 0.00000225. The summed E-state index contributed by atoms with van der Waals surface area (Å²) >= 11 is 0. The van der Waals surface area contributed by atoms with Crippen molar-refractivity contribution < 1.29 is 44.6 Å². The third kappa shape index (κ3) is 4.26. The average Bonchev–Trinajstić information content (AvgIpc) is 2.25. The second kappa shape index (κ2) is 7.85. The second-order valence-electron chi connectivity index (χ2n) is 3.53. The van der Waals surface area contributed by atoms with Gasteiger partial charge < -0.3 is 15.0 Å². The molecule has 0 saturated heterocycles. The molecule has 0 amide bonds. The summed E-state index contributed by atoms with van der Waals surface area (Å²) in [5.41, 5.74) is 0.534. The van der Waals surface area contributed by atoms with Gasteiger partial charge in [-0.3, -0.25) is 0 Å². The van der Waals surface area contributed by atoms with Crippen LogP contribution < -0.4 is 34.7 Å². The SMILES string of the molecule is CCCCC(O)c1ccccc1C(=O)[O-].[Na+]. The fourth-order valence-corrected chi connectivity index (χ4v) is 1.53. The van der Waals surface area contributed by atoms with Gasteiger partial charge in [0.15, 0.2) is 0 Å². The van der Waals surface area contributed by atoms with Gasteiger partial charge in [0.25, 0.3) is 0 Å². The summed E-state index contributed by atoms with van der Waals surface area (Å²) in [6, 6.07) is 6.43. The van der Waals surface area contributed by atoms with E-state index in [4.69, 9.17) is 0 Å². The molecule has 1 atom stereocenters. The zero-order chi connectivity index (χ0) is 11.3. The summed E-state index contributed by atoms with van der Waals surface area (Å²) in [7, 11) is 0. The minimum Gasteiger partial charge on any atom is -0.545 e. The molecule has 1 rings (SSSR count). The van der Waals surface area contributed by atoms with E-state index in [-0.39, 0.29) is 35.1 Å². The van der Waals surface area contributed by atoms with Crippen LogP contribution in [0, 0.1) is 0 Å². The van der Waals surface area contributed by atoms with E-state index < -0.39 is 12.1 Å². The first-order valence-electron chi connectivity index (χ1n) is 5.15. The van der Waals surface area contributed by atoms with E-state index in [0.717, 1.165) is 12.8 Å². The summed E-state index contributed by atoms with van der Waals surface area (Å²) in [5.74, 6) is -1.24. The molecule has 1 N–H and O–H groups in total. The molecule has 0 aliphatic heterocycles. The van der Waals surface area contributed by atoms with Crippen molar-refractivity contribution in [3.8, 4) is 0 Å². The predicted molar refractivity (Wildman–Crippen MR) is 55.3 cm³/mol. The van der Waals surface area contributed by atoms with Crippen LogP contribution in [0.2, 0.25) is 0 Å². The summed E-state index contributed by atoms with van der Waals surface area (Å²) < 4.78 is 0. The smallest absolute Gasteiger partial charge is 0.545 e. The monoisotopic (exact) mass is 230 g/mol. The predicted octanol–water partition coefficient (Wildman–Crippen LogP) is -1.72. The number of carbonyl (C=O) groups excluding carboxylic acids is 1. The van der Waals surface area contributed by atoms with Crippen LogP contribution in [0.5, 0.6) is 0 Å². The maximum absolute atomic E-state index is 10.8. The van der Waals surface area contributed by atoms with Gasteiger partial charge in [-0.2, -0.15) is 0 Å². The van der Waals surface area contributed by atoms with Gasteiger partial charge in [0.05, 0.1) is 12.1 Å².